The number of hydrogen-bond donors (Lipinski definition) is 1. The van der Waals surface area contributed by atoms with Crippen LogP contribution in [-0.4, -0.2) is 18.9 Å². The van der Waals surface area contributed by atoms with Crippen LogP contribution in [0, 0.1) is 5.92 Å². The van der Waals surface area contributed by atoms with Gasteiger partial charge in [-0.15, -0.1) is 0 Å². The number of amides is 1. The summed E-state index contributed by atoms with van der Waals surface area (Å²) in [6.07, 6.45) is 4.39. The van der Waals surface area contributed by atoms with Crippen LogP contribution in [-0.2, 0) is 17.6 Å². The number of fused-ring (bicyclic) bond motifs is 2. The maximum absolute atomic E-state index is 11.3. The third kappa shape index (κ3) is 2.29. The Morgan fingerprint density at radius 1 is 1.08 bits per heavy atom. The van der Waals surface area contributed by atoms with Crippen LogP contribution >= 0.6 is 0 Å². The predicted octanol–water partition coefficient (Wildman–Crippen LogP) is 3.08. The molecule has 6 heteroatoms. The molecule has 2 aromatic rings. The minimum absolute atomic E-state index is 0.139. The van der Waals surface area contributed by atoms with Gasteiger partial charge < -0.3 is 14.8 Å². The summed E-state index contributed by atoms with van der Waals surface area (Å²) in [6, 6.07) is 14.1. The van der Waals surface area contributed by atoms with E-state index in [1.807, 2.05) is 36.4 Å². The van der Waals surface area contributed by atoms with Gasteiger partial charge in [-0.3, -0.25) is 4.79 Å². The first kappa shape index (κ1) is 15.1. The summed E-state index contributed by atoms with van der Waals surface area (Å²) in [5, 5.41) is 11.8. The Balaban J connectivity index is 1.49. The maximum atomic E-state index is 11.3. The quantitative estimate of drug-likeness (QED) is 0.864. The summed E-state index contributed by atoms with van der Waals surface area (Å²) in [5.41, 5.74) is 3.43. The van der Waals surface area contributed by atoms with Gasteiger partial charge in [0.1, 0.15) is 0 Å². The summed E-state index contributed by atoms with van der Waals surface area (Å²) >= 11 is 0. The van der Waals surface area contributed by atoms with Gasteiger partial charge in [-0.25, -0.2) is 0 Å². The number of carbonyl (C=O) groups is 1. The smallest absolute Gasteiger partial charge is 0.231 e. The monoisotopic (exact) mass is 347 g/mol. The van der Waals surface area contributed by atoms with E-state index in [-0.39, 0.29) is 12.7 Å². The van der Waals surface area contributed by atoms with Crippen LogP contribution in [0.1, 0.15) is 16.7 Å². The van der Waals surface area contributed by atoms with Crippen molar-refractivity contribution in [2.45, 2.75) is 18.5 Å². The number of nitrogens with one attached hydrogen (secondary N) is 1. The highest BCUT2D eigenvalue weighted by Gasteiger charge is 2.43. The van der Waals surface area contributed by atoms with E-state index < -0.39 is 5.66 Å². The Hall–Kier alpha value is -3.15. The molecule has 0 aromatic heterocycles. The number of azo groups is 1. The normalized spacial score (nSPS) is 23.0. The summed E-state index contributed by atoms with van der Waals surface area (Å²) in [5.74, 6) is 1.57. The van der Waals surface area contributed by atoms with Gasteiger partial charge in [-0.1, -0.05) is 24.3 Å². The first-order valence-corrected chi connectivity index (χ1v) is 8.61. The van der Waals surface area contributed by atoms with Crippen LogP contribution in [0.15, 0.2) is 58.8 Å². The highest BCUT2D eigenvalue weighted by Crippen LogP contribution is 2.42. The molecule has 26 heavy (non-hydrogen) atoms. The third-order valence-electron chi connectivity index (χ3n) is 5.31. The Morgan fingerprint density at radius 2 is 1.85 bits per heavy atom. The van der Waals surface area contributed by atoms with Gasteiger partial charge in [0.2, 0.25) is 13.2 Å². The molecule has 130 valence electrons. The van der Waals surface area contributed by atoms with Gasteiger partial charge in [-0.2, -0.15) is 10.2 Å². The standard InChI is InChI=1S/C20H17N3O3/c24-11-21-20(16-7-13-3-1-2-4-14(13)8-16)10-17(22-23-20)15-5-6-18-19(9-15)26-12-25-18/h1-6,9-11,16H,7-8,12H2,(H,21,24). The fraction of sp³-hybridized carbons (Fsp3) is 0.250. The number of benzene rings is 2. The van der Waals surface area contributed by atoms with E-state index in [0.717, 1.165) is 29.9 Å². The highest BCUT2D eigenvalue weighted by atomic mass is 16.7. The SMILES string of the molecule is O=CNC1(C2Cc3ccccc3C2)C=C(c2ccc3c(c2)OCO3)N=N1. The average Bonchev–Trinajstić information content (AvgIpc) is 3.39. The summed E-state index contributed by atoms with van der Waals surface area (Å²) in [6.45, 7) is 0.232. The number of rotatable bonds is 4. The fourth-order valence-electron chi connectivity index (χ4n) is 3.95. The number of carbonyl (C=O) groups excluding carboxylic acids is 1. The molecule has 1 N–H and O–H groups in total. The van der Waals surface area contributed by atoms with Crippen LogP contribution in [0.5, 0.6) is 11.5 Å². The van der Waals surface area contributed by atoms with Crippen molar-refractivity contribution >= 4 is 12.1 Å². The summed E-state index contributed by atoms with van der Waals surface area (Å²) in [4.78, 5) is 11.3. The van der Waals surface area contributed by atoms with E-state index in [0.29, 0.717) is 12.2 Å². The molecular formula is C20H17N3O3. The van der Waals surface area contributed by atoms with Crippen molar-refractivity contribution < 1.29 is 14.3 Å². The second-order valence-electron chi connectivity index (χ2n) is 6.76. The molecule has 1 atom stereocenters. The van der Waals surface area contributed by atoms with Gasteiger partial charge in [0.05, 0.1) is 5.70 Å². The molecular weight excluding hydrogens is 330 g/mol. The molecule has 0 bridgehead atoms. The molecule has 6 nitrogen and oxygen atoms in total. The predicted molar refractivity (Wildman–Crippen MR) is 94.7 cm³/mol. The van der Waals surface area contributed by atoms with Crippen LogP contribution in [0.3, 0.4) is 0 Å². The molecule has 3 aliphatic rings. The molecule has 0 spiro atoms. The molecule has 1 amide bonds. The Kier molecular flexibility index (Phi) is 3.31. The van der Waals surface area contributed by atoms with Gasteiger partial charge in [-0.05, 0) is 48.2 Å². The Morgan fingerprint density at radius 3 is 2.62 bits per heavy atom. The van der Waals surface area contributed by atoms with Crippen molar-refractivity contribution in [3.05, 3.63) is 65.2 Å². The zero-order valence-electron chi connectivity index (χ0n) is 14.0. The van der Waals surface area contributed by atoms with E-state index in [4.69, 9.17) is 9.47 Å². The van der Waals surface area contributed by atoms with Crippen LogP contribution in [0.25, 0.3) is 5.70 Å². The van der Waals surface area contributed by atoms with Gasteiger partial charge in [0, 0.05) is 11.5 Å². The maximum Gasteiger partial charge on any atom is 0.231 e. The van der Waals surface area contributed by atoms with Gasteiger partial charge >= 0.3 is 0 Å². The molecule has 2 aromatic carbocycles. The number of ether oxygens (including phenoxy) is 2. The lowest BCUT2D eigenvalue weighted by atomic mass is 9.89. The second-order valence-corrected chi connectivity index (χ2v) is 6.76. The van der Waals surface area contributed by atoms with Crippen LogP contribution < -0.4 is 14.8 Å². The molecule has 0 saturated carbocycles. The lowest BCUT2D eigenvalue weighted by Crippen LogP contribution is -2.47. The third-order valence-corrected chi connectivity index (χ3v) is 5.31. The zero-order chi connectivity index (χ0) is 17.6. The topological polar surface area (TPSA) is 72.3 Å². The average molecular weight is 347 g/mol. The van der Waals surface area contributed by atoms with Gasteiger partial charge in [0.15, 0.2) is 17.2 Å². The van der Waals surface area contributed by atoms with Crippen molar-refractivity contribution in [3.8, 4) is 11.5 Å². The first-order valence-electron chi connectivity index (χ1n) is 8.61. The van der Waals surface area contributed by atoms with E-state index in [1.165, 1.54) is 11.1 Å². The molecule has 2 aliphatic heterocycles. The van der Waals surface area contributed by atoms with E-state index in [1.54, 1.807) is 0 Å². The van der Waals surface area contributed by atoms with Crippen LogP contribution in [0.4, 0.5) is 0 Å². The molecule has 2 heterocycles. The van der Waals surface area contributed by atoms with Crippen LogP contribution in [0.2, 0.25) is 0 Å². The van der Waals surface area contributed by atoms with E-state index >= 15 is 0 Å². The molecule has 0 radical (unpaired) electrons. The zero-order valence-corrected chi connectivity index (χ0v) is 14.0. The molecule has 1 aliphatic carbocycles. The lowest BCUT2D eigenvalue weighted by Gasteiger charge is -2.28. The first-order chi connectivity index (χ1) is 12.8. The Labute approximate surface area is 150 Å². The van der Waals surface area contributed by atoms with Crippen molar-refractivity contribution in [2.24, 2.45) is 16.1 Å². The largest absolute Gasteiger partial charge is 0.454 e. The number of nitrogens with zero attached hydrogens (tertiary/aromatic N) is 2. The second kappa shape index (κ2) is 5.69. The van der Waals surface area contributed by atoms with Crippen molar-refractivity contribution in [1.29, 1.82) is 0 Å². The number of hydrogen-bond acceptors (Lipinski definition) is 5. The van der Waals surface area contributed by atoms with E-state index in [2.05, 4.69) is 27.7 Å². The lowest BCUT2D eigenvalue weighted by molar-refractivity contribution is -0.111. The van der Waals surface area contributed by atoms with E-state index in [9.17, 15) is 4.79 Å². The molecule has 5 rings (SSSR count). The van der Waals surface area contributed by atoms with Gasteiger partial charge in [0.25, 0.3) is 0 Å². The minimum atomic E-state index is -0.813. The van der Waals surface area contributed by atoms with Crippen molar-refractivity contribution in [1.82, 2.24) is 5.32 Å². The summed E-state index contributed by atoms with van der Waals surface area (Å²) in [7, 11) is 0. The fourth-order valence-corrected chi connectivity index (χ4v) is 3.95. The molecule has 0 fully saturated rings. The Bertz CT molecular complexity index is 928. The molecule has 1 unspecified atom stereocenters. The molecule has 0 saturated heterocycles. The van der Waals surface area contributed by atoms with Crippen molar-refractivity contribution in [2.75, 3.05) is 6.79 Å². The van der Waals surface area contributed by atoms with Crippen molar-refractivity contribution in [3.63, 3.8) is 0 Å². The minimum Gasteiger partial charge on any atom is -0.454 e. The highest BCUT2D eigenvalue weighted by molar-refractivity contribution is 5.70. The summed E-state index contributed by atoms with van der Waals surface area (Å²) < 4.78 is 10.8.